The first-order valence-corrected chi connectivity index (χ1v) is 11.8. The van der Waals surface area contributed by atoms with Gasteiger partial charge in [-0.15, -0.1) is 0 Å². The lowest BCUT2D eigenvalue weighted by Crippen LogP contribution is -2.47. The Morgan fingerprint density at radius 2 is 1.70 bits per heavy atom. The van der Waals surface area contributed by atoms with Gasteiger partial charge in [0, 0.05) is 0 Å². The number of nitrogens with zero attached hydrogens (tertiary/aromatic N) is 1. The van der Waals surface area contributed by atoms with Crippen LogP contribution in [0, 0.1) is 0 Å². The van der Waals surface area contributed by atoms with Crippen LogP contribution in [0.5, 0.6) is 11.5 Å². The van der Waals surface area contributed by atoms with Crippen molar-refractivity contribution >= 4 is 27.9 Å². The van der Waals surface area contributed by atoms with Gasteiger partial charge < -0.3 is 20.5 Å². The molecule has 33 heavy (non-hydrogen) atoms. The van der Waals surface area contributed by atoms with Gasteiger partial charge in [-0.2, -0.15) is 0 Å². The van der Waals surface area contributed by atoms with Crippen LogP contribution < -0.4 is 15.4 Å². The summed E-state index contributed by atoms with van der Waals surface area (Å²) in [5.41, 5.74) is -1.11. The maximum atomic E-state index is 12.8. The highest BCUT2D eigenvalue weighted by Gasteiger charge is 2.45. The van der Waals surface area contributed by atoms with E-state index in [4.69, 9.17) is 9.84 Å². The molecule has 1 aliphatic rings. The summed E-state index contributed by atoms with van der Waals surface area (Å²) >= 11 is 0. The zero-order valence-corrected chi connectivity index (χ0v) is 19.0. The molecule has 1 saturated heterocycles. The Morgan fingerprint density at radius 1 is 1.09 bits per heavy atom. The van der Waals surface area contributed by atoms with Gasteiger partial charge in [0.15, 0.2) is 9.84 Å². The Kier molecular flexibility index (Phi) is 6.92. The van der Waals surface area contributed by atoms with Gasteiger partial charge in [-0.25, -0.2) is 18.0 Å². The zero-order chi connectivity index (χ0) is 24.2. The van der Waals surface area contributed by atoms with E-state index >= 15 is 0 Å². The van der Waals surface area contributed by atoms with Crippen molar-refractivity contribution in [3.8, 4) is 11.5 Å². The van der Waals surface area contributed by atoms with Crippen LogP contribution in [0.4, 0.5) is 9.59 Å². The molecule has 11 heteroatoms. The Morgan fingerprint density at radius 3 is 2.24 bits per heavy atom. The van der Waals surface area contributed by atoms with Crippen molar-refractivity contribution in [2.45, 2.75) is 36.7 Å². The molecule has 10 nitrogen and oxygen atoms in total. The largest absolute Gasteiger partial charge is 0.465 e. The van der Waals surface area contributed by atoms with Crippen LogP contribution in [-0.2, 0) is 14.6 Å². The molecule has 0 aromatic heterocycles. The van der Waals surface area contributed by atoms with E-state index in [0.29, 0.717) is 11.5 Å². The zero-order valence-electron chi connectivity index (χ0n) is 18.1. The molecule has 3 rings (SSSR count). The maximum Gasteiger partial charge on any atom is 0.404 e. The molecule has 1 heterocycles. The summed E-state index contributed by atoms with van der Waals surface area (Å²) in [6.45, 7) is 2.78. The first-order valence-electron chi connectivity index (χ1n) is 10.2. The second kappa shape index (κ2) is 9.49. The lowest BCUT2D eigenvalue weighted by Gasteiger charge is -2.22. The van der Waals surface area contributed by atoms with Crippen molar-refractivity contribution in [3.63, 3.8) is 0 Å². The van der Waals surface area contributed by atoms with E-state index < -0.39 is 39.4 Å². The van der Waals surface area contributed by atoms with Crippen molar-refractivity contribution in [1.82, 2.24) is 15.5 Å². The molecule has 1 unspecified atom stereocenters. The van der Waals surface area contributed by atoms with Gasteiger partial charge in [0.25, 0.3) is 5.91 Å². The molecule has 0 bridgehead atoms. The minimum absolute atomic E-state index is 0.0492. The molecule has 3 N–H and O–H groups in total. The van der Waals surface area contributed by atoms with Crippen molar-refractivity contribution in [1.29, 1.82) is 0 Å². The molecule has 4 amide bonds. The molecule has 1 fully saturated rings. The third-order valence-electron chi connectivity index (χ3n) is 5.07. The third-order valence-corrected chi connectivity index (χ3v) is 6.84. The number of hydrogen-bond donors (Lipinski definition) is 3. The summed E-state index contributed by atoms with van der Waals surface area (Å²) in [6, 6.07) is 13.3. The number of benzene rings is 2. The van der Waals surface area contributed by atoms with Crippen molar-refractivity contribution in [3.05, 3.63) is 54.6 Å². The summed E-state index contributed by atoms with van der Waals surface area (Å²) in [7, 11) is -3.76. The quantitative estimate of drug-likeness (QED) is 0.473. The second-order valence-electron chi connectivity index (χ2n) is 8.11. The van der Waals surface area contributed by atoms with Crippen molar-refractivity contribution < 1.29 is 32.6 Å². The highest BCUT2D eigenvalue weighted by molar-refractivity contribution is 7.91. The fourth-order valence-corrected chi connectivity index (χ4v) is 4.72. The maximum absolute atomic E-state index is 12.8. The van der Waals surface area contributed by atoms with E-state index in [1.165, 1.54) is 38.1 Å². The number of amides is 4. The van der Waals surface area contributed by atoms with Crippen LogP contribution in [0.25, 0.3) is 0 Å². The standard InChI is InChI=1S/C22H25N3O7S/c1-22(2)19(26)25(20(27)24-22)14-15(23-21(28)29)12-13-33(30,31)18-10-8-17(9-11-18)32-16-6-4-3-5-7-16/h3-11,15,23H,12-14H2,1-2H3,(H,24,27)(H,28,29). The smallest absolute Gasteiger partial charge is 0.404 e. The minimum atomic E-state index is -3.76. The topological polar surface area (TPSA) is 142 Å². The number of nitrogens with one attached hydrogen (secondary N) is 2. The SMILES string of the molecule is CC1(C)NC(=O)N(CC(CCS(=O)(=O)c2ccc(Oc3ccccc3)cc2)NC(=O)O)C1=O. The fourth-order valence-electron chi connectivity index (χ4n) is 3.34. The molecule has 0 radical (unpaired) electrons. The Labute approximate surface area is 191 Å². The van der Waals surface area contributed by atoms with Gasteiger partial charge in [-0.3, -0.25) is 9.69 Å². The summed E-state index contributed by atoms with van der Waals surface area (Å²) in [4.78, 5) is 36.6. The number of rotatable bonds is 9. The Bertz CT molecular complexity index is 1130. The molecule has 2 aromatic rings. The molecule has 2 aromatic carbocycles. The van der Waals surface area contributed by atoms with Crippen LogP contribution in [0.3, 0.4) is 0 Å². The fraction of sp³-hybridized carbons (Fsp3) is 0.318. The van der Waals surface area contributed by atoms with Gasteiger partial charge in [0.05, 0.1) is 23.2 Å². The van der Waals surface area contributed by atoms with Crippen LogP contribution in [-0.4, -0.2) is 60.3 Å². The second-order valence-corrected chi connectivity index (χ2v) is 10.2. The van der Waals surface area contributed by atoms with Gasteiger partial charge >= 0.3 is 12.1 Å². The normalized spacial score (nSPS) is 16.2. The van der Waals surface area contributed by atoms with Gasteiger partial charge in [-0.05, 0) is 56.7 Å². The van der Waals surface area contributed by atoms with Crippen molar-refractivity contribution in [2.24, 2.45) is 0 Å². The predicted molar refractivity (Wildman–Crippen MR) is 119 cm³/mol. The molecular formula is C22H25N3O7S. The van der Waals surface area contributed by atoms with Gasteiger partial charge in [-0.1, -0.05) is 18.2 Å². The lowest BCUT2D eigenvalue weighted by molar-refractivity contribution is -0.130. The number of carbonyl (C=O) groups excluding carboxylic acids is 2. The highest BCUT2D eigenvalue weighted by atomic mass is 32.2. The number of carboxylic acid groups (broad SMARTS) is 1. The van der Waals surface area contributed by atoms with Crippen molar-refractivity contribution in [2.75, 3.05) is 12.3 Å². The predicted octanol–water partition coefficient (Wildman–Crippen LogP) is 2.61. The van der Waals surface area contributed by atoms with E-state index in [0.717, 1.165) is 4.90 Å². The number of hydrogen-bond acceptors (Lipinski definition) is 6. The van der Waals surface area contributed by atoms with E-state index in [9.17, 15) is 22.8 Å². The first-order chi connectivity index (χ1) is 15.5. The monoisotopic (exact) mass is 475 g/mol. The average Bonchev–Trinajstić information content (AvgIpc) is 2.94. The number of para-hydroxylation sites is 1. The average molecular weight is 476 g/mol. The number of urea groups is 1. The number of sulfone groups is 1. The molecule has 1 atom stereocenters. The number of imide groups is 1. The minimum Gasteiger partial charge on any atom is -0.465 e. The summed E-state index contributed by atoms with van der Waals surface area (Å²) < 4.78 is 31.2. The summed E-state index contributed by atoms with van der Waals surface area (Å²) in [6.07, 6.45) is -1.51. The molecule has 176 valence electrons. The Hall–Kier alpha value is -3.60. The summed E-state index contributed by atoms with van der Waals surface area (Å²) in [5.74, 6) is 0.178. The van der Waals surface area contributed by atoms with E-state index in [2.05, 4.69) is 10.6 Å². The van der Waals surface area contributed by atoms with Crippen LogP contribution in [0.2, 0.25) is 0 Å². The molecule has 0 spiro atoms. The molecular weight excluding hydrogens is 450 g/mol. The van der Waals surface area contributed by atoms with E-state index in [-0.39, 0.29) is 23.6 Å². The Balaban J connectivity index is 1.66. The lowest BCUT2D eigenvalue weighted by atomic mass is 10.1. The van der Waals surface area contributed by atoms with Gasteiger partial charge in [0.1, 0.15) is 17.0 Å². The van der Waals surface area contributed by atoms with Gasteiger partial charge in [0.2, 0.25) is 0 Å². The molecule has 1 aliphatic heterocycles. The van der Waals surface area contributed by atoms with Crippen LogP contribution in [0.15, 0.2) is 59.5 Å². The highest BCUT2D eigenvalue weighted by Crippen LogP contribution is 2.24. The van der Waals surface area contributed by atoms with E-state index in [1.54, 1.807) is 12.1 Å². The van der Waals surface area contributed by atoms with Crippen LogP contribution in [0.1, 0.15) is 20.3 Å². The number of ether oxygens (including phenoxy) is 1. The summed E-state index contributed by atoms with van der Waals surface area (Å²) in [5, 5.41) is 13.8. The van der Waals surface area contributed by atoms with Crippen LogP contribution >= 0.6 is 0 Å². The molecule has 0 aliphatic carbocycles. The first kappa shape index (κ1) is 24.1. The third kappa shape index (κ3) is 6.01. The molecule has 0 saturated carbocycles. The van der Waals surface area contributed by atoms with E-state index in [1.807, 2.05) is 18.2 Å². The number of carbonyl (C=O) groups is 3.